The molecule has 0 amide bonds. The van der Waals surface area contributed by atoms with E-state index in [1.807, 2.05) is 12.1 Å². The van der Waals surface area contributed by atoms with Gasteiger partial charge in [0.05, 0.1) is 10.0 Å². The lowest BCUT2D eigenvalue weighted by Gasteiger charge is -2.49. The summed E-state index contributed by atoms with van der Waals surface area (Å²) in [7, 11) is 0. The van der Waals surface area contributed by atoms with Gasteiger partial charge in [-0.2, -0.15) is 0 Å². The van der Waals surface area contributed by atoms with Crippen LogP contribution in [0, 0.1) is 5.92 Å². The van der Waals surface area contributed by atoms with Gasteiger partial charge in [0.15, 0.2) is 0 Å². The van der Waals surface area contributed by atoms with Crippen LogP contribution in [0.3, 0.4) is 0 Å². The van der Waals surface area contributed by atoms with Gasteiger partial charge in [0.2, 0.25) is 5.92 Å². The average Bonchev–Trinajstić information content (AvgIpc) is 2.45. The van der Waals surface area contributed by atoms with Gasteiger partial charge in [-0.15, -0.1) is 0 Å². The maximum absolute atomic E-state index is 13.5. The minimum Gasteiger partial charge on any atom is -0.311 e. The van der Waals surface area contributed by atoms with E-state index in [1.54, 1.807) is 6.07 Å². The van der Waals surface area contributed by atoms with Crippen molar-refractivity contribution in [1.82, 2.24) is 10.2 Å². The molecule has 2 nitrogen and oxygen atoms in total. The van der Waals surface area contributed by atoms with E-state index in [1.165, 1.54) is 0 Å². The van der Waals surface area contributed by atoms with E-state index < -0.39 is 5.92 Å². The van der Waals surface area contributed by atoms with Crippen LogP contribution in [0.5, 0.6) is 0 Å². The Balaban J connectivity index is 1.91. The van der Waals surface area contributed by atoms with Crippen LogP contribution in [-0.4, -0.2) is 36.0 Å². The predicted octanol–water partition coefficient (Wildman–Crippen LogP) is 4.76. The molecule has 1 aromatic rings. The smallest absolute Gasteiger partial charge is 0.248 e. The summed E-state index contributed by atoms with van der Waals surface area (Å²) in [5.74, 6) is -2.57. The monoisotopic (exact) mass is 362 g/mol. The molecule has 1 aromatic carbocycles. The standard InChI is InChI=1S/C17H22Cl2F2N2/c1-10-9-23(11(2)8-22-10)16(13-6-17(20,21)7-13)12-3-4-14(18)15(19)5-12/h3-5,10-11,13,16,22H,6-9H2,1-2H3/t10-,11+,16?/m0/s1. The first kappa shape index (κ1) is 17.4. The maximum Gasteiger partial charge on any atom is 0.248 e. The van der Waals surface area contributed by atoms with Gasteiger partial charge >= 0.3 is 0 Å². The fourth-order valence-corrected chi connectivity index (χ4v) is 4.11. The molecule has 6 heteroatoms. The van der Waals surface area contributed by atoms with Crippen LogP contribution in [0.4, 0.5) is 8.78 Å². The highest BCUT2D eigenvalue weighted by atomic mass is 35.5. The molecule has 128 valence electrons. The quantitative estimate of drug-likeness (QED) is 0.833. The first-order valence-electron chi connectivity index (χ1n) is 8.09. The second-order valence-electron chi connectivity index (χ2n) is 7.00. The summed E-state index contributed by atoms with van der Waals surface area (Å²) in [6.07, 6.45) is -0.105. The van der Waals surface area contributed by atoms with E-state index in [0.29, 0.717) is 22.1 Å². The van der Waals surface area contributed by atoms with Crippen LogP contribution in [0.15, 0.2) is 18.2 Å². The lowest BCUT2D eigenvalue weighted by molar-refractivity contribution is -0.137. The van der Waals surface area contributed by atoms with Crippen molar-refractivity contribution in [2.45, 2.75) is 50.7 Å². The molecule has 2 aliphatic rings. The zero-order valence-electron chi connectivity index (χ0n) is 13.3. The Morgan fingerprint density at radius 3 is 2.52 bits per heavy atom. The molecular formula is C17H22Cl2F2N2. The normalized spacial score (nSPS) is 30.0. The Labute approximate surface area is 146 Å². The Kier molecular flexibility index (Phi) is 4.90. The van der Waals surface area contributed by atoms with Gasteiger partial charge in [0, 0.05) is 44.1 Å². The van der Waals surface area contributed by atoms with Crippen molar-refractivity contribution in [2.24, 2.45) is 5.92 Å². The van der Waals surface area contributed by atoms with Crippen LogP contribution in [0.25, 0.3) is 0 Å². The first-order chi connectivity index (χ1) is 10.8. The largest absolute Gasteiger partial charge is 0.311 e. The Bertz CT molecular complexity index is 574. The van der Waals surface area contributed by atoms with Crippen molar-refractivity contribution in [1.29, 1.82) is 0 Å². The highest BCUT2D eigenvalue weighted by Crippen LogP contribution is 2.51. The molecule has 1 saturated heterocycles. The Hall–Kier alpha value is -0.420. The van der Waals surface area contributed by atoms with E-state index in [0.717, 1.165) is 18.7 Å². The van der Waals surface area contributed by atoms with Crippen LogP contribution in [0.1, 0.15) is 38.3 Å². The maximum atomic E-state index is 13.5. The molecule has 0 radical (unpaired) electrons. The molecule has 0 aromatic heterocycles. The number of hydrogen-bond donors (Lipinski definition) is 1. The van der Waals surface area contributed by atoms with Gasteiger partial charge in [0.1, 0.15) is 0 Å². The number of rotatable bonds is 3. The minimum absolute atomic E-state index is 0.0380. The van der Waals surface area contributed by atoms with E-state index >= 15 is 0 Å². The van der Waals surface area contributed by atoms with Crippen molar-refractivity contribution in [2.75, 3.05) is 13.1 Å². The number of alkyl halides is 2. The Morgan fingerprint density at radius 1 is 1.22 bits per heavy atom. The summed E-state index contributed by atoms with van der Waals surface area (Å²) < 4.78 is 26.9. The third-order valence-electron chi connectivity index (χ3n) is 5.02. The van der Waals surface area contributed by atoms with Crippen LogP contribution in [0.2, 0.25) is 10.0 Å². The summed E-state index contributed by atoms with van der Waals surface area (Å²) >= 11 is 12.2. The van der Waals surface area contributed by atoms with Crippen molar-refractivity contribution in [3.63, 3.8) is 0 Å². The SMILES string of the molecule is C[C@@H]1CN[C@@H](C)CN1C(c1ccc(Cl)c(Cl)c1)C1CC(F)(F)C1. The number of hydrogen-bond acceptors (Lipinski definition) is 2. The lowest BCUT2D eigenvalue weighted by Crippen LogP contribution is -2.58. The second kappa shape index (κ2) is 6.47. The van der Waals surface area contributed by atoms with Gasteiger partial charge in [0.25, 0.3) is 0 Å². The highest BCUT2D eigenvalue weighted by Gasteiger charge is 2.51. The molecule has 23 heavy (non-hydrogen) atoms. The molecule has 1 unspecified atom stereocenters. The Morgan fingerprint density at radius 2 is 1.91 bits per heavy atom. The molecule has 1 heterocycles. The lowest BCUT2D eigenvalue weighted by atomic mass is 9.73. The van der Waals surface area contributed by atoms with Gasteiger partial charge in [-0.1, -0.05) is 29.3 Å². The fraction of sp³-hybridized carbons (Fsp3) is 0.647. The van der Waals surface area contributed by atoms with E-state index in [4.69, 9.17) is 23.2 Å². The second-order valence-corrected chi connectivity index (χ2v) is 7.81. The number of benzene rings is 1. The topological polar surface area (TPSA) is 15.3 Å². The summed E-state index contributed by atoms with van der Waals surface area (Å²) in [5.41, 5.74) is 0.987. The van der Waals surface area contributed by atoms with E-state index in [-0.39, 0.29) is 24.8 Å². The summed E-state index contributed by atoms with van der Waals surface area (Å²) in [5, 5.41) is 4.42. The minimum atomic E-state index is -2.53. The molecule has 0 spiro atoms. The molecule has 0 bridgehead atoms. The fourth-order valence-electron chi connectivity index (χ4n) is 3.80. The number of halogens is 4. The molecule has 1 saturated carbocycles. The van der Waals surface area contributed by atoms with Crippen LogP contribution in [-0.2, 0) is 0 Å². The summed E-state index contributed by atoms with van der Waals surface area (Å²) in [4.78, 5) is 2.35. The van der Waals surface area contributed by atoms with Crippen LogP contribution < -0.4 is 5.32 Å². The summed E-state index contributed by atoms with van der Waals surface area (Å²) in [6.45, 7) is 5.97. The third kappa shape index (κ3) is 3.65. The van der Waals surface area contributed by atoms with Crippen molar-refractivity contribution in [3.05, 3.63) is 33.8 Å². The molecule has 1 N–H and O–H groups in total. The molecule has 1 aliphatic carbocycles. The van der Waals surface area contributed by atoms with E-state index in [2.05, 4.69) is 24.1 Å². The first-order valence-corrected chi connectivity index (χ1v) is 8.84. The van der Waals surface area contributed by atoms with Gasteiger partial charge in [-0.25, -0.2) is 8.78 Å². The molecular weight excluding hydrogens is 341 g/mol. The van der Waals surface area contributed by atoms with Crippen molar-refractivity contribution >= 4 is 23.2 Å². The zero-order chi connectivity index (χ0) is 16.8. The number of nitrogens with zero attached hydrogens (tertiary/aromatic N) is 1. The predicted molar refractivity (Wildman–Crippen MR) is 90.5 cm³/mol. The summed E-state index contributed by atoms with van der Waals surface area (Å²) in [6, 6.07) is 6.12. The van der Waals surface area contributed by atoms with Crippen molar-refractivity contribution < 1.29 is 8.78 Å². The van der Waals surface area contributed by atoms with Crippen LogP contribution >= 0.6 is 23.2 Å². The molecule has 2 fully saturated rings. The third-order valence-corrected chi connectivity index (χ3v) is 5.76. The zero-order valence-corrected chi connectivity index (χ0v) is 14.8. The van der Waals surface area contributed by atoms with Gasteiger partial charge in [-0.05, 0) is 37.5 Å². The molecule has 1 aliphatic heterocycles. The number of piperazine rings is 1. The van der Waals surface area contributed by atoms with Crippen molar-refractivity contribution in [3.8, 4) is 0 Å². The van der Waals surface area contributed by atoms with Gasteiger partial charge < -0.3 is 5.32 Å². The average molecular weight is 363 g/mol. The van der Waals surface area contributed by atoms with Gasteiger partial charge in [-0.3, -0.25) is 4.90 Å². The molecule has 3 rings (SSSR count). The van der Waals surface area contributed by atoms with E-state index in [9.17, 15) is 8.78 Å². The molecule has 3 atom stereocenters. The number of nitrogens with one attached hydrogen (secondary N) is 1. The highest BCUT2D eigenvalue weighted by molar-refractivity contribution is 6.42.